The van der Waals surface area contributed by atoms with Crippen LogP contribution in [0.3, 0.4) is 0 Å². The van der Waals surface area contributed by atoms with E-state index >= 15 is 0 Å². The molecule has 1 aromatic heterocycles. The maximum absolute atomic E-state index is 14.2. The second kappa shape index (κ2) is 31.8. The summed E-state index contributed by atoms with van der Waals surface area (Å²) in [5, 5.41) is 16.0. The van der Waals surface area contributed by atoms with Crippen LogP contribution in [-0.4, -0.2) is 178 Å². The molecule has 1 aliphatic carbocycles. The summed E-state index contributed by atoms with van der Waals surface area (Å²) >= 11 is 1.44. The van der Waals surface area contributed by atoms with E-state index in [1.54, 1.807) is 28.8 Å². The number of hydrogen-bond donors (Lipinski definition) is 1. The van der Waals surface area contributed by atoms with E-state index in [0.29, 0.717) is 126 Å². The molecule has 1 spiro atoms. The Balaban J connectivity index is 0.610. The number of benzene rings is 5. The van der Waals surface area contributed by atoms with Crippen LogP contribution in [0.4, 0.5) is 41.2 Å². The number of carbonyl (C=O) groups is 5. The van der Waals surface area contributed by atoms with Gasteiger partial charge in [-0.1, -0.05) is 91.3 Å². The predicted octanol–water partition coefficient (Wildman–Crippen LogP) is 11.3. The first-order chi connectivity index (χ1) is 46.4. The number of carbonyl (C=O) groups excluding carboxylic acids is 5. The molecular formula is C73H84F7N8O8S-. The van der Waals surface area contributed by atoms with Gasteiger partial charge < -0.3 is 59.0 Å². The van der Waals surface area contributed by atoms with Crippen molar-refractivity contribution in [3.8, 4) is 11.1 Å². The molecule has 4 aliphatic rings. The van der Waals surface area contributed by atoms with E-state index in [-0.39, 0.29) is 55.5 Å². The van der Waals surface area contributed by atoms with Crippen LogP contribution in [0.5, 0.6) is 0 Å². The SMILES string of the molecule is CN(CCN1CCC(N(C(=O)[O-])c2ccccc2-c2ccccc2)CC1)C(=O)CCCCCNCc1ccc(C(=O)N(C)CCCN(C)C(=O)CO[C@H]2Cc3ccccc3C23CCN(CC[C@@]2(c4ccc(F)cc4)CN(C(=O)c4cc(C(F)(F)F)cc(C(F)(F)F)c4)CO2)CC3)s1. The number of halogens is 7. The van der Waals surface area contributed by atoms with Gasteiger partial charge in [0.2, 0.25) is 11.8 Å². The van der Waals surface area contributed by atoms with Crippen LogP contribution in [0.15, 0.2) is 133 Å². The highest BCUT2D eigenvalue weighted by Crippen LogP contribution is 2.49. The van der Waals surface area contributed by atoms with E-state index in [9.17, 15) is 59.8 Å². The van der Waals surface area contributed by atoms with Crippen LogP contribution in [0.1, 0.15) is 117 Å². The van der Waals surface area contributed by atoms with Gasteiger partial charge in [-0.3, -0.25) is 19.2 Å². The molecule has 3 saturated heterocycles. The van der Waals surface area contributed by atoms with Crippen molar-refractivity contribution < 1.29 is 69.3 Å². The predicted molar refractivity (Wildman–Crippen MR) is 354 cm³/mol. The van der Waals surface area contributed by atoms with Gasteiger partial charge in [0, 0.05) is 107 Å². The second-order valence-corrected chi connectivity index (χ2v) is 27.2. The number of alkyl halides is 6. The van der Waals surface area contributed by atoms with Gasteiger partial charge in [0.15, 0.2) is 0 Å². The lowest BCUT2D eigenvalue weighted by atomic mass is 9.72. The molecule has 0 unspecified atom stereocenters. The summed E-state index contributed by atoms with van der Waals surface area (Å²) in [7, 11) is 5.31. The third-order valence-electron chi connectivity index (χ3n) is 19.7. The van der Waals surface area contributed by atoms with Crippen molar-refractivity contribution >= 4 is 46.7 Å². The molecule has 5 amide bonds. The van der Waals surface area contributed by atoms with Crippen LogP contribution in [0, 0.1) is 5.82 Å². The molecule has 10 rings (SSSR count). The van der Waals surface area contributed by atoms with Crippen molar-refractivity contribution in [3.05, 3.63) is 182 Å². The second-order valence-electron chi connectivity index (χ2n) is 26.0. The number of likely N-dealkylation sites (tertiary alicyclic amines) is 2. The van der Waals surface area contributed by atoms with Gasteiger partial charge in [-0.05, 0) is 148 Å². The fourth-order valence-electron chi connectivity index (χ4n) is 14.0. The number of amides is 5. The molecule has 16 nitrogen and oxygen atoms in total. The number of nitrogens with one attached hydrogen (secondary N) is 1. The number of fused-ring (bicyclic) bond motifs is 2. The van der Waals surface area contributed by atoms with Gasteiger partial charge in [-0.25, -0.2) is 4.39 Å². The van der Waals surface area contributed by atoms with Gasteiger partial charge in [0.25, 0.3) is 11.8 Å². The third kappa shape index (κ3) is 17.8. The Morgan fingerprint density at radius 2 is 1.35 bits per heavy atom. The lowest BCUT2D eigenvalue weighted by Gasteiger charge is -2.44. The van der Waals surface area contributed by atoms with Crippen molar-refractivity contribution in [2.45, 2.75) is 113 Å². The number of piperidine rings is 2. The van der Waals surface area contributed by atoms with Crippen molar-refractivity contribution in [2.75, 3.05) is 111 Å². The molecule has 3 aliphatic heterocycles. The Morgan fingerprint density at radius 1 is 0.701 bits per heavy atom. The number of nitrogens with zero attached hydrogens (tertiary/aromatic N) is 7. The van der Waals surface area contributed by atoms with Crippen molar-refractivity contribution in [2.24, 2.45) is 0 Å². The molecule has 97 heavy (non-hydrogen) atoms. The summed E-state index contributed by atoms with van der Waals surface area (Å²) in [6, 6.07) is 35.3. The van der Waals surface area contributed by atoms with Gasteiger partial charge in [0.1, 0.15) is 30.8 Å². The van der Waals surface area contributed by atoms with E-state index in [4.69, 9.17) is 9.47 Å². The Hall–Kier alpha value is -7.74. The van der Waals surface area contributed by atoms with Gasteiger partial charge in [0.05, 0.1) is 34.3 Å². The molecule has 520 valence electrons. The van der Waals surface area contributed by atoms with E-state index in [2.05, 4.69) is 27.2 Å². The summed E-state index contributed by atoms with van der Waals surface area (Å²) in [6.45, 7) is 5.81. The highest BCUT2D eigenvalue weighted by atomic mass is 32.1. The average Bonchev–Trinajstić information content (AvgIpc) is 1.61. The zero-order chi connectivity index (χ0) is 69.1. The van der Waals surface area contributed by atoms with Crippen LogP contribution >= 0.6 is 11.3 Å². The highest BCUT2D eigenvalue weighted by molar-refractivity contribution is 7.14. The first-order valence-electron chi connectivity index (χ1n) is 33.2. The first kappa shape index (κ1) is 72.0. The van der Waals surface area contributed by atoms with E-state index in [0.717, 1.165) is 70.9 Å². The molecular weight excluding hydrogens is 1280 g/mol. The smallest absolute Gasteiger partial charge is 0.416 e. The number of para-hydroxylation sites is 1. The number of ether oxygens (including phenoxy) is 2. The molecule has 4 heterocycles. The molecule has 0 radical (unpaired) electrons. The summed E-state index contributed by atoms with van der Waals surface area (Å²) in [4.78, 5) is 80.2. The molecule has 6 aromatic rings. The molecule has 0 saturated carbocycles. The molecule has 2 atom stereocenters. The maximum atomic E-state index is 14.2. The number of anilines is 1. The topological polar surface area (TPSA) is 162 Å². The third-order valence-corrected chi connectivity index (χ3v) is 20.8. The van der Waals surface area contributed by atoms with Crippen LogP contribution in [0.25, 0.3) is 11.1 Å². The van der Waals surface area contributed by atoms with Crippen molar-refractivity contribution in [1.82, 2.24) is 34.7 Å². The quantitative estimate of drug-likeness (QED) is 0.0386. The largest absolute Gasteiger partial charge is 0.530 e. The fourth-order valence-corrected chi connectivity index (χ4v) is 15.0. The Kier molecular flexibility index (Phi) is 23.6. The minimum absolute atomic E-state index is 0.0290. The monoisotopic (exact) mass is 1370 g/mol. The van der Waals surface area contributed by atoms with Gasteiger partial charge in [-0.2, -0.15) is 26.3 Å². The van der Waals surface area contributed by atoms with Crippen molar-refractivity contribution in [1.29, 1.82) is 0 Å². The van der Waals surface area contributed by atoms with Crippen LogP contribution in [0.2, 0.25) is 0 Å². The standard InChI is InChI=1S/C73H85F7N8O8S/c1-82(34-14-35-84(3)68(92)63-27-26-59(97-63)47-81-33-13-5-8-21-65(89)83(2)41-42-85-36-28-58(29-37-85)88(69(93)94)62-20-12-10-18-60(62)51-15-6-4-7-16-51)66(90)48-95-64-45-52-17-9-11-19-61(52)70(64)30-38-86(39-31-70)40-32-71(54-22-24-57(74)25-23-54)49-87(50-96-71)67(91)53-43-55(72(75,76)77)46-56(44-53)73(78,79)80/h4,6-7,9-12,15-20,22-27,43-44,46,58,64,81H,5,8,13-14,21,28-42,45,47-50H2,1-3H3,(H,93,94)/p-1/t64-,71-/m0/s1. The fraction of sp³-hybridized carbons (Fsp3) is 0.466. The summed E-state index contributed by atoms with van der Waals surface area (Å²) in [5.41, 5.74) is -0.461. The minimum Gasteiger partial charge on any atom is -0.530 e. The maximum Gasteiger partial charge on any atom is 0.416 e. The lowest BCUT2D eigenvalue weighted by molar-refractivity contribution is -0.247. The summed E-state index contributed by atoms with van der Waals surface area (Å²) in [6.07, 6.45) is -4.69. The normalized spacial score (nSPS) is 18.3. The Labute approximate surface area is 565 Å². The molecule has 24 heteroatoms. The molecule has 3 fully saturated rings. The lowest BCUT2D eigenvalue weighted by Crippen LogP contribution is -2.52. The minimum atomic E-state index is -5.15. The number of carboxylic acid groups (broad SMARTS) is 1. The number of likely N-dealkylation sites (N-methyl/N-ethyl adjacent to an activating group) is 2. The van der Waals surface area contributed by atoms with E-state index < -0.39 is 64.6 Å². The number of hydrogen-bond acceptors (Lipinski definition) is 12. The first-order valence-corrected chi connectivity index (χ1v) is 34.0. The molecule has 0 bridgehead atoms. The van der Waals surface area contributed by atoms with Crippen LogP contribution in [-0.2, 0) is 55.4 Å². The molecule has 5 aromatic carbocycles. The summed E-state index contributed by atoms with van der Waals surface area (Å²) in [5.74, 6) is -1.80. The van der Waals surface area contributed by atoms with Crippen LogP contribution < -0.4 is 15.3 Å². The number of rotatable bonds is 27. The summed E-state index contributed by atoms with van der Waals surface area (Å²) < 4.78 is 110. The zero-order valence-corrected chi connectivity index (χ0v) is 55.8. The Morgan fingerprint density at radius 3 is 2.05 bits per heavy atom. The average molecular weight is 1370 g/mol. The van der Waals surface area contributed by atoms with E-state index in [1.807, 2.05) is 85.9 Å². The molecule has 1 N–H and O–H groups in total. The highest BCUT2D eigenvalue weighted by Gasteiger charge is 2.50. The van der Waals surface area contributed by atoms with Gasteiger partial charge >= 0.3 is 12.4 Å². The van der Waals surface area contributed by atoms with E-state index in [1.165, 1.54) is 40.5 Å². The Bertz CT molecular complexity index is 3640. The number of unbranched alkanes of at least 4 members (excludes halogenated alkanes) is 2. The van der Waals surface area contributed by atoms with Crippen molar-refractivity contribution in [3.63, 3.8) is 0 Å². The zero-order valence-electron chi connectivity index (χ0n) is 55.0. The number of thiophene rings is 1. The van der Waals surface area contributed by atoms with Gasteiger partial charge in [-0.15, -0.1) is 11.3 Å².